The zero-order valence-corrected chi connectivity index (χ0v) is 11.0. The fourth-order valence-electron chi connectivity index (χ4n) is 2.02. The first-order valence-corrected chi connectivity index (χ1v) is 6.29. The molecule has 1 atom stereocenters. The van der Waals surface area contributed by atoms with Crippen LogP contribution >= 0.6 is 11.6 Å². The van der Waals surface area contributed by atoms with Crippen molar-refractivity contribution in [3.05, 3.63) is 65.5 Å². The van der Waals surface area contributed by atoms with E-state index in [0.29, 0.717) is 17.5 Å². The third-order valence-corrected chi connectivity index (χ3v) is 3.36. The molecular formula is C15H9ClFNO2. The highest BCUT2D eigenvalue weighted by Gasteiger charge is 2.39. The van der Waals surface area contributed by atoms with E-state index in [2.05, 4.69) is 4.99 Å². The smallest absolute Gasteiger partial charge is 0.267 e. The van der Waals surface area contributed by atoms with Gasteiger partial charge in [-0.15, -0.1) is 0 Å². The van der Waals surface area contributed by atoms with Gasteiger partial charge in [-0.3, -0.25) is 4.79 Å². The Morgan fingerprint density at radius 1 is 1.15 bits per heavy atom. The Morgan fingerprint density at radius 3 is 2.60 bits per heavy atom. The molecule has 0 aliphatic carbocycles. The number of hydrogen-bond donors (Lipinski definition) is 0. The molecule has 3 nitrogen and oxygen atoms in total. The summed E-state index contributed by atoms with van der Waals surface area (Å²) in [6, 6.07) is 12.9. The standard InChI is InChI=1S/C15H9ClFNO2/c16-15(9-19)11-6-2-4-8-13(11)18-14(20-15)10-5-1-3-7-12(10)17/h1-9H. The minimum absolute atomic E-state index is 0.0103. The fraction of sp³-hybridized carbons (Fsp3) is 0.0667. The number of ether oxygens (including phenoxy) is 1. The molecule has 20 heavy (non-hydrogen) atoms. The van der Waals surface area contributed by atoms with Gasteiger partial charge < -0.3 is 4.74 Å². The molecule has 0 spiro atoms. The molecule has 0 amide bonds. The predicted molar refractivity (Wildman–Crippen MR) is 73.7 cm³/mol. The van der Waals surface area contributed by atoms with E-state index in [1.54, 1.807) is 36.4 Å². The van der Waals surface area contributed by atoms with Crippen LogP contribution in [0.1, 0.15) is 11.1 Å². The minimum atomic E-state index is -1.68. The second-order valence-corrected chi connectivity index (χ2v) is 4.84. The zero-order valence-electron chi connectivity index (χ0n) is 10.2. The highest BCUT2D eigenvalue weighted by atomic mass is 35.5. The Kier molecular flexibility index (Phi) is 3.03. The Labute approximate surface area is 119 Å². The van der Waals surface area contributed by atoms with E-state index in [1.165, 1.54) is 12.1 Å². The van der Waals surface area contributed by atoms with Crippen LogP contribution in [0.3, 0.4) is 0 Å². The molecule has 0 saturated carbocycles. The summed E-state index contributed by atoms with van der Waals surface area (Å²) in [5, 5.41) is -1.68. The highest BCUT2D eigenvalue weighted by molar-refractivity contribution is 6.32. The van der Waals surface area contributed by atoms with Crippen molar-refractivity contribution < 1.29 is 13.9 Å². The Hall–Kier alpha value is -2.20. The predicted octanol–water partition coefficient (Wildman–Crippen LogP) is 3.52. The number of nitrogens with zero attached hydrogens (tertiary/aromatic N) is 1. The monoisotopic (exact) mass is 289 g/mol. The van der Waals surface area contributed by atoms with Crippen molar-refractivity contribution in [3.8, 4) is 0 Å². The molecular weight excluding hydrogens is 281 g/mol. The molecule has 100 valence electrons. The van der Waals surface area contributed by atoms with Crippen molar-refractivity contribution in [3.63, 3.8) is 0 Å². The second kappa shape index (κ2) is 4.72. The summed E-state index contributed by atoms with van der Waals surface area (Å²) in [5.74, 6) is -0.501. The van der Waals surface area contributed by atoms with E-state index >= 15 is 0 Å². The van der Waals surface area contributed by atoms with Gasteiger partial charge in [0, 0.05) is 5.56 Å². The lowest BCUT2D eigenvalue weighted by atomic mass is 10.1. The summed E-state index contributed by atoms with van der Waals surface area (Å²) < 4.78 is 19.2. The van der Waals surface area contributed by atoms with E-state index in [-0.39, 0.29) is 11.5 Å². The van der Waals surface area contributed by atoms with Crippen molar-refractivity contribution in [1.29, 1.82) is 0 Å². The van der Waals surface area contributed by atoms with Crippen molar-refractivity contribution >= 4 is 29.5 Å². The van der Waals surface area contributed by atoms with Gasteiger partial charge in [-0.05, 0) is 18.2 Å². The minimum Gasteiger partial charge on any atom is -0.443 e. The normalized spacial score (nSPS) is 20.6. The number of rotatable bonds is 2. The number of fused-ring (bicyclic) bond motifs is 1. The molecule has 1 aliphatic heterocycles. The van der Waals surface area contributed by atoms with Crippen LogP contribution < -0.4 is 0 Å². The number of hydrogen-bond acceptors (Lipinski definition) is 3. The van der Waals surface area contributed by atoms with Crippen molar-refractivity contribution in [1.82, 2.24) is 0 Å². The molecule has 0 saturated heterocycles. The first-order valence-electron chi connectivity index (χ1n) is 5.91. The van der Waals surface area contributed by atoms with Crippen LogP contribution in [0.4, 0.5) is 10.1 Å². The molecule has 3 rings (SSSR count). The molecule has 0 bridgehead atoms. The maximum atomic E-state index is 13.8. The third kappa shape index (κ3) is 1.98. The zero-order chi connectivity index (χ0) is 14.2. The number of halogens is 2. The van der Waals surface area contributed by atoms with Gasteiger partial charge in [0.2, 0.25) is 5.90 Å². The fourth-order valence-corrected chi connectivity index (χ4v) is 2.26. The summed E-state index contributed by atoms with van der Waals surface area (Å²) in [6.07, 6.45) is 0.475. The number of benzene rings is 2. The van der Waals surface area contributed by atoms with Crippen LogP contribution in [0.2, 0.25) is 0 Å². The summed E-state index contributed by atoms with van der Waals surface area (Å²) >= 11 is 6.19. The lowest BCUT2D eigenvalue weighted by Gasteiger charge is -2.28. The molecule has 1 aliphatic rings. The molecule has 0 aromatic heterocycles. The molecule has 1 unspecified atom stereocenters. The first kappa shape index (κ1) is 12.8. The van der Waals surface area contributed by atoms with E-state index in [4.69, 9.17) is 16.3 Å². The number of para-hydroxylation sites is 1. The van der Waals surface area contributed by atoms with Gasteiger partial charge in [0.25, 0.3) is 5.06 Å². The summed E-state index contributed by atoms with van der Waals surface area (Å²) in [5.41, 5.74) is 1.09. The lowest BCUT2D eigenvalue weighted by molar-refractivity contribution is -0.117. The Balaban J connectivity index is 2.19. The largest absolute Gasteiger partial charge is 0.443 e. The molecule has 2 aromatic rings. The van der Waals surface area contributed by atoms with Crippen LogP contribution in [-0.4, -0.2) is 12.2 Å². The number of aliphatic imine (C=N–C) groups is 1. The van der Waals surface area contributed by atoms with Gasteiger partial charge in [0.05, 0.1) is 11.3 Å². The molecule has 0 radical (unpaired) electrons. The Bertz CT molecular complexity index is 717. The van der Waals surface area contributed by atoms with Crippen molar-refractivity contribution in [2.24, 2.45) is 4.99 Å². The maximum absolute atomic E-state index is 13.8. The number of carbonyl (C=O) groups is 1. The average Bonchev–Trinajstić information content (AvgIpc) is 2.48. The second-order valence-electron chi connectivity index (χ2n) is 4.28. The van der Waals surface area contributed by atoms with Crippen LogP contribution in [0, 0.1) is 5.82 Å². The van der Waals surface area contributed by atoms with Gasteiger partial charge in [-0.2, -0.15) is 0 Å². The van der Waals surface area contributed by atoms with Crippen LogP contribution in [0.5, 0.6) is 0 Å². The van der Waals surface area contributed by atoms with Crippen molar-refractivity contribution in [2.45, 2.75) is 5.06 Å². The molecule has 2 aromatic carbocycles. The van der Waals surface area contributed by atoms with E-state index in [0.717, 1.165) is 0 Å². The first-order chi connectivity index (χ1) is 9.64. The van der Waals surface area contributed by atoms with Crippen LogP contribution in [-0.2, 0) is 14.6 Å². The van der Waals surface area contributed by atoms with E-state index in [1.807, 2.05) is 0 Å². The van der Waals surface area contributed by atoms with E-state index < -0.39 is 10.9 Å². The summed E-state index contributed by atoms with van der Waals surface area (Å²) in [6.45, 7) is 0. The summed E-state index contributed by atoms with van der Waals surface area (Å²) in [7, 11) is 0. The van der Waals surface area contributed by atoms with Gasteiger partial charge >= 0.3 is 0 Å². The van der Waals surface area contributed by atoms with Gasteiger partial charge in [0.15, 0.2) is 6.29 Å². The SMILES string of the molecule is O=CC1(Cl)OC(c2ccccc2F)=Nc2ccccc21. The molecule has 0 fully saturated rings. The molecule has 5 heteroatoms. The maximum Gasteiger partial charge on any atom is 0.267 e. The van der Waals surface area contributed by atoms with Gasteiger partial charge in [-0.25, -0.2) is 9.38 Å². The number of aldehydes is 1. The number of alkyl halides is 1. The third-order valence-electron chi connectivity index (χ3n) is 2.99. The van der Waals surface area contributed by atoms with Gasteiger partial charge in [-0.1, -0.05) is 41.9 Å². The molecule has 1 heterocycles. The van der Waals surface area contributed by atoms with Gasteiger partial charge in [0.1, 0.15) is 5.82 Å². The highest BCUT2D eigenvalue weighted by Crippen LogP contribution is 2.40. The number of carbonyl (C=O) groups excluding carboxylic acids is 1. The lowest BCUT2D eigenvalue weighted by Crippen LogP contribution is -2.31. The van der Waals surface area contributed by atoms with E-state index in [9.17, 15) is 9.18 Å². The average molecular weight is 290 g/mol. The summed E-state index contributed by atoms with van der Waals surface area (Å²) in [4.78, 5) is 15.5. The Morgan fingerprint density at radius 2 is 1.85 bits per heavy atom. The molecule has 0 N–H and O–H groups in total. The quantitative estimate of drug-likeness (QED) is 0.627. The van der Waals surface area contributed by atoms with Crippen LogP contribution in [0.15, 0.2) is 53.5 Å². The topological polar surface area (TPSA) is 38.7 Å². The van der Waals surface area contributed by atoms with Crippen LogP contribution in [0.25, 0.3) is 0 Å². The van der Waals surface area contributed by atoms with Crippen molar-refractivity contribution in [2.75, 3.05) is 0 Å².